The zero-order chi connectivity index (χ0) is 14.5. The minimum absolute atomic E-state index is 0.0551. The summed E-state index contributed by atoms with van der Waals surface area (Å²) in [4.78, 5) is 14.2. The Kier molecular flexibility index (Phi) is 5.26. The molecule has 1 fully saturated rings. The van der Waals surface area contributed by atoms with Crippen molar-refractivity contribution in [1.29, 1.82) is 0 Å². The number of rotatable bonds is 5. The van der Waals surface area contributed by atoms with Crippen molar-refractivity contribution in [3.8, 4) is 0 Å². The molecule has 0 bridgehead atoms. The van der Waals surface area contributed by atoms with Crippen molar-refractivity contribution in [3.05, 3.63) is 35.6 Å². The van der Waals surface area contributed by atoms with Crippen LogP contribution in [0.5, 0.6) is 0 Å². The van der Waals surface area contributed by atoms with Crippen LogP contribution in [0.2, 0.25) is 0 Å². The number of hydrogen-bond acceptors (Lipinski definition) is 3. The molecule has 20 heavy (non-hydrogen) atoms. The predicted octanol–water partition coefficient (Wildman–Crippen LogP) is 2.29. The van der Waals surface area contributed by atoms with Crippen LogP contribution < -0.4 is 0 Å². The Morgan fingerprint density at radius 3 is 2.90 bits per heavy atom. The maximum absolute atomic E-state index is 13.5. The van der Waals surface area contributed by atoms with Crippen molar-refractivity contribution in [2.24, 2.45) is 5.92 Å². The van der Waals surface area contributed by atoms with Gasteiger partial charge in [0.15, 0.2) is 5.78 Å². The van der Waals surface area contributed by atoms with Crippen LogP contribution in [0.25, 0.3) is 0 Å². The van der Waals surface area contributed by atoms with Crippen molar-refractivity contribution in [1.82, 2.24) is 4.90 Å². The average Bonchev–Trinajstić information content (AvgIpc) is 2.43. The second-order valence-electron chi connectivity index (χ2n) is 5.58. The van der Waals surface area contributed by atoms with E-state index >= 15 is 0 Å². The Hall–Kier alpha value is -1.26. The highest BCUT2D eigenvalue weighted by atomic mass is 19.1. The molecule has 1 aromatic carbocycles. The number of ether oxygens (including phenoxy) is 1. The number of carbonyl (C=O) groups excluding carboxylic acids is 1. The maximum Gasteiger partial charge on any atom is 0.151 e. The number of benzene rings is 1. The second kappa shape index (κ2) is 6.95. The van der Waals surface area contributed by atoms with Gasteiger partial charge in [-0.15, -0.1) is 0 Å². The number of piperidine rings is 1. The van der Waals surface area contributed by atoms with E-state index in [0.717, 1.165) is 19.5 Å². The fraction of sp³-hybridized carbons (Fsp3) is 0.562. The number of Topliss-reactive ketones (excluding diaryl/α,β-unsaturated/α-hetero) is 1. The molecular weight excluding hydrogens is 257 g/mol. The molecule has 0 aliphatic carbocycles. The van der Waals surface area contributed by atoms with Crippen LogP contribution in [0.4, 0.5) is 4.39 Å². The van der Waals surface area contributed by atoms with Crippen molar-refractivity contribution >= 4 is 5.78 Å². The number of nitrogens with zero attached hydrogens (tertiary/aromatic N) is 1. The van der Waals surface area contributed by atoms with Crippen LogP contribution >= 0.6 is 0 Å². The van der Waals surface area contributed by atoms with Crippen molar-refractivity contribution in [2.45, 2.75) is 25.9 Å². The van der Waals surface area contributed by atoms with E-state index in [0.29, 0.717) is 18.0 Å². The number of carbonyl (C=O) groups is 1. The van der Waals surface area contributed by atoms with E-state index in [9.17, 15) is 9.18 Å². The van der Waals surface area contributed by atoms with Gasteiger partial charge >= 0.3 is 0 Å². The summed E-state index contributed by atoms with van der Waals surface area (Å²) in [5, 5.41) is 0. The molecule has 1 aliphatic heterocycles. The SMILES string of the molecule is COC1CN(CC(=O)Cc2ccccc2F)CCC1C. The van der Waals surface area contributed by atoms with Crippen LogP contribution in [0.1, 0.15) is 18.9 Å². The molecule has 0 spiro atoms. The van der Waals surface area contributed by atoms with E-state index in [1.165, 1.54) is 6.07 Å². The molecule has 0 radical (unpaired) electrons. The lowest BCUT2D eigenvalue weighted by Crippen LogP contribution is -2.45. The van der Waals surface area contributed by atoms with E-state index in [2.05, 4.69) is 11.8 Å². The van der Waals surface area contributed by atoms with Crippen LogP contribution in [0.3, 0.4) is 0 Å². The molecule has 1 saturated heterocycles. The molecule has 4 heteroatoms. The van der Waals surface area contributed by atoms with Gasteiger partial charge in [0.25, 0.3) is 0 Å². The largest absolute Gasteiger partial charge is 0.380 e. The topological polar surface area (TPSA) is 29.5 Å². The lowest BCUT2D eigenvalue weighted by Gasteiger charge is -2.35. The third kappa shape index (κ3) is 3.87. The molecule has 3 nitrogen and oxygen atoms in total. The fourth-order valence-electron chi connectivity index (χ4n) is 2.71. The Bertz CT molecular complexity index is 464. The van der Waals surface area contributed by atoms with Gasteiger partial charge in [0.2, 0.25) is 0 Å². The highest BCUT2D eigenvalue weighted by molar-refractivity contribution is 5.82. The van der Waals surface area contributed by atoms with Gasteiger partial charge in [-0.2, -0.15) is 0 Å². The third-order valence-electron chi connectivity index (χ3n) is 4.02. The molecule has 0 N–H and O–H groups in total. The van der Waals surface area contributed by atoms with Crippen LogP contribution in [-0.2, 0) is 16.0 Å². The normalized spacial score (nSPS) is 23.8. The molecule has 1 aliphatic rings. The summed E-state index contributed by atoms with van der Waals surface area (Å²) in [5.74, 6) is 0.278. The van der Waals surface area contributed by atoms with Gasteiger partial charge < -0.3 is 4.74 Å². The summed E-state index contributed by atoms with van der Waals surface area (Å²) < 4.78 is 19.0. The van der Waals surface area contributed by atoms with Gasteiger partial charge in [0.05, 0.1) is 12.6 Å². The Balaban J connectivity index is 1.87. The summed E-state index contributed by atoms with van der Waals surface area (Å²) in [6.45, 7) is 4.23. The van der Waals surface area contributed by atoms with E-state index in [4.69, 9.17) is 4.74 Å². The average molecular weight is 279 g/mol. The summed E-state index contributed by atoms with van der Waals surface area (Å²) in [6.07, 6.45) is 1.38. The van der Waals surface area contributed by atoms with Crippen LogP contribution in [0.15, 0.2) is 24.3 Å². The van der Waals surface area contributed by atoms with E-state index in [1.807, 2.05) is 0 Å². The van der Waals surface area contributed by atoms with Gasteiger partial charge in [-0.1, -0.05) is 25.1 Å². The number of methoxy groups -OCH3 is 1. The van der Waals surface area contributed by atoms with E-state index < -0.39 is 0 Å². The molecule has 0 saturated carbocycles. The van der Waals surface area contributed by atoms with Gasteiger partial charge in [0.1, 0.15) is 5.82 Å². The van der Waals surface area contributed by atoms with E-state index in [1.54, 1.807) is 25.3 Å². The lowest BCUT2D eigenvalue weighted by atomic mass is 9.95. The van der Waals surface area contributed by atoms with Gasteiger partial charge in [-0.25, -0.2) is 4.39 Å². The highest BCUT2D eigenvalue weighted by Crippen LogP contribution is 2.19. The summed E-state index contributed by atoms with van der Waals surface area (Å²) in [6, 6.07) is 6.46. The molecule has 0 aromatic heterocycles. The maximum atomic E-state index is 13.5. The van der Waals surface area contributed by atoms with Gasteiger partial charge in [-0.05, 0) is 30.5 Å². The Morgan fingerprint density at radius 2 is 2.20 bits per heavy atom. The first-order valence-electron chi connectivity index (χ1n) is 7.10. The summed E-state index contributed by atoms with van der Waals surface area (Å²) in [5.41, 5.74) is 0.478. The second-order valence-corrected chi connectivity index (χ2v) is 5.58. The molecule has 2 rings (SSSR count). The third-order valence-corrected chi connectivity index (χ3v) is 4.02. The lowest BCUT2D eigenvalue weighted by molar-refractivity contribution is -0.120. The van der Waals surface area contributed by atoms with Crippen LogP contribution in [0, 0.1) is 11.7 Å². The minimum Gasteiger partial charge on any atom is -0.380 e. The summed E-state index contributed by atoms with van der Waals surface area (Å²) >= 11 is 0. The predicted molar refractivity (Wildman–Crippen MR) is 76.1 cm³/mol. The first-order chi connectivity index (χ1) is 9.60. The molecular formula is C16H22FNO2. The molecule has 1 aromatic rings. The molecule has 2 unspecified atom stereocenters. The highest BCUT2D eigenvalue weighted by Gasteiger charge is 2.26. The number of likely N-dealkylation sites (tertiary alicyclic amines) is 1. The van der Waals surface area contributed by atoms with Gasteiger partial charge in [0, 0.05) is 20.1 Å². The number of halogens is 1. The molecule has 110 valence electrons. The molecule has 2 atom stereocenters. The first kappa shape index (κ1) is 15.1. The molecule has 0 amide bonds. The zero-order valence-electron chi connectivity index (χ0n) is 12.1. The smallest absolute Gasteiger partial charge is 0.151 e. The van der Waals surface area contributed by atoms with E-state index in [-0.39, 0.29) is 24.1 Å². The number of hydrogen-bond donors (Lipinski definition) is 0. The van der Waals surface area contributed by atoms with Crippen molar-refractivity contribution in [3.63, 3.8) is 0 Å². The monoisotopic (exact) mass is 279 g/mol. The van der Waals surface area contributed by atoms with Gasteiger partial charge in [-0.3, -0.25) is 9.69 Å². The van der Waals surface area contributed by atoms with Crippen molar-refractivity contribution < 1.29 is 13.9 Å². The standard InChI is InChI=1S/C16H22FNO2/c1-12-7-8-18(11-16(12)20-2)10-14(19)9-13-5-3-4-6-15(13)17/h3-6,12,16H,7-11H2,1-2H3. The Labute approximate surface area is 119 Å². The summed E-state index contributed by atoms with van der Waals surface area (Å²) in [7, 11) is 1.71. The minimum atomic E-state index is -0.303. The fourth-order valence-corrected chi connectivity index (χ4v) is 2.71. The quantitative estimate of drug-likeness (QED) is 0.828. The van der Waals surface area contributed by atoms with Crippen molar-refractivity contribution in [2.75, 3.05) is 26.7 Å². The first-order valence-corrected chi connectivity index (χ1v) is 7.10. The zero-order valence-corrected chi connectivity index (χ0v) is 12.1. The Morgan fingerprint density at radius 1 is 1.45 bits per heavy atom. The molecule has 1 heterocycles. The van der Waals surface area contributed by atoms with Crippen LogP contribution in [-0.4, -0.2) is 43.5 Å². The number of ketones is 1.